The Hall–Kier alpha value is -3.75. The van der Waals surface area contributed by atoms with Crippen molar-refractivity contribution < 1.29 is 14.3 Å². The maximum absolute atomic E-state index is 13.9. The molecule has 0 saturated carbocycles. The molecule has 0 fully saturated rings. The zero-order valence-electron chi connectivity index (χ0n) is 18.9. The Morgan fingerprint density at radius 3 is 2.60 bits per heavy atom. The minimum absolute atomic E-state index is 0.255. The van der Waals surface area contributed by atoms with E-state index in [1.165, 1.54) is 11.7 Å². The fraction of sp³-hybridized carbons (Fsp3) is 0.154. The third-order valence-corrected chi connectivity index (χ3v) is 7.36. The van der Waals surface area contributed by atoms with Crippen LogP contribution in [0, 0.1) is 0 Å². The molecule has 9 heteroatoms. The van der Waals surface area contributed by atoms with Crippen LogP contribution in [0.3, 0.4) is 0 Å². The molecule has 0 spiro atoms. The largest absolute Gasteiger partial charge is 0.466 e. The third kappa shape index (κ3) is 3.57. The van der Waals surface area contributed by atoms with E-state index in [0.717, 1.165) is 17.0 Å². The topological polar surface area (TPSA) is 81.0 Å². The number of ether oxygens (including phenoxy) is 1. The Labute approximate surface area is 209 Å². The average molecular weight is 506 g/mol. The number of methoxy groups -OCH3 is 1. The van der Waals surface area contributed by atoms with Gasteiger partial charge < -0.3 is 9.64 Å². The second-order valence-corrected chi connectivity index (χ2v) is 9.46. The van der Waals surface area contributed by atoms with Crippen molar-refractivity contribution in [1.29, 1.82) is 0 Å². The average Bonchev–Trinajstić information content (AvgIpc) is 3.31. The van der Waals surface area contributed by atoms with Crippen molar-refractivity contribution in [3.05, 3.63) is 108 Å². The predicted molar refractivity (Wildman–Crippen MR) is 135 cm³/mol. The van der Waals surface area contributed by atoms with Gasteiger partial charge in [0.1, 0.15) is 4.53 Å². The van der Waals surface area contributed by atoms with E-state index >= 15 is 0 Å². The Morgan fingerprint density at radius 2 is 1.91 bits per heavy atom. The fourth-order valence-electron chi connectivity index (χ4n) is 4.51. The lowest BCUT2D eigenvalue weighted by atomic mass is 9.96. The maximum atomic E-state index is 13.9. The molecule has 0 saturated heterocycles. The first-order chi connectivity index (χ1) is 16.9. The van der Waals surface area contributed by atoms with E-state index < -0.39 is 17.6 Å². The molecule has 7 nitrogen and oxygen atoms in total. The van der Waals surface area contributed by atoms with Gasteiger partial charge in [0.05, 0.1) is 35.7 Å². The Bertz CT molecular complexity index is 1620. The summed E-state index contributed by atoms with van der Waals surface area (Å²) < 4.78 is 6.76. The number of hydrogen-bond donors (Lipinski definition) is 0. The molecular formula is C26H20ClN3O4S. The molecule has 1 atom stereocenters. The highest BCUT2D eigenvalue weighted by Gasteiger charge is 2.36. The van der Waals surface area contributed by atoms with Crippen LogP contribution in [0.25, 0.3) is 5.57 Å². The van der Waals surface area contributed by atoms with Crippen LogP contribution in [0.1, 0.15) is 24.1 Å². The number of nitrogens with zero attached hydrogens (tertiary/aromatic N) is 3. The molecule has 35 heavy (non-hydrogen) atoms. The highest BCUT2D eigenvalue weighted by molar-refractivity contribution is 7.07. The number of anilines is 1. The van der Waals surface area contributed by atoms with Crippen molar-refractivity contribution >= 4 is 46.1 Å². The number of fused-ring (bicyclic) bond motifs is 2. The van der Waals surface area contributed by atoms with Gasteiger partial charge in [-0.2, -0.15) is 0 Å². The van der Waals surface area contributed by atoms with Crippen LogP contribution in [0.15, 0.2) is 82.2 Å². The first-order valence-corrected chi connectivity index (χ1v) is 12.0. The van der Waals surface area contributed by atoms with Crippen LogP contribution >= 0.6 is 22.9 Å². The van der Waals surface area contributed by atoms with Crippen molar-refractivity contribution in [3.63, 3.8) is 0 Å². The standard InChI is InChI=1S/C26H20ClN3O4S/c1-4-13-29-18-8-6-5-7-17(18)20(23(29)31)22-24(32)30-21(15-9-11-16(27)12-10-15)19(25(33)34-3)14(2)28-26(30)35-22/h4-12,21H,1,13H2,2-3H3/b22-20+/t21-/m1/s1. The van der Waals surface area contributed by atoms with Crippen LogP contribution in [0.2, 0.25) is 5.02 Å². The van der Waals surface area contributed by atoms with Gasteiger partial charge in [0.25, 0.3) is 11.5 Å². The summed E-state index contributed by atoms with van der Waals surface area (Å²) in [5, 5.41) is 0.527. The number of thiazole rings is 1. The quantitative estimate of drug-likeness (QED) is 0.403. The lowest BCUT2D eigenvalue weighted by molar-refractivity contribution is -0.136. The number of benzene rings is 2. The summed E-state index contributed by atoms with van der Waals surface area (Å²) >= 11 is 7.22. The van der Waals surface area contributed by atoms with Crippen molar-refractivity contribution in [2.24, 2.45) is 4.99 Å². The van der Waals surface area contributed by atoms with E-state index in [4.69, 9.17) is 16.3 Å². The molecule has 1 aromatic heterocycles. The molecule has 0 bridgehead atoms. The predicted octanol–water partition coefficient (Wildman–Crippen LogP) is 2.96. The van der Waals surface area contributed by atoms with E-state index in [1.807, 2.05) is 24.3 Å². The van der Waals surface area contributed by atoms with E-state index in [9.17, 15) is 14.4 Å². The smallest absolute Gasteiger partial charge is 0.338 e. The van der Waals surface area contributed by atoms with Crippen molar-refractivity contribution in [2.75, 3.05) is 18.6 Å². The number of carbonyl (C=O) groups is 2. The lowest BCUT2D eigenvalue weighted by Gasteiger charge is -2.24. The number of amides is 1. The van der Waals surface area contributed by atoms with Crippen molar-refractivity contribution in [1.82, 2.24) is 4.57 Å². The molecular weight excluding hydrogens is 486 g/mol. The molecule has 176 valence electrons. The molecule has 2 aliphatic rings. The van der Waals surface area contributed by atoms with Crippen LogP contribution < -0.4 is 19.8 Å². The second kappa shape index (κ2) is 8.79. The van der Waals surface area contributed by atoms with Gasteiger partial charge in [-0.25, -0.2) is 9.79 Å². The van der Waals surface area contributed by atoms with E-state index in [2.05, 4.69) is 11.6 Å². The van der Waals surface area contributed by atoms with Gasteiger partial charge in [-0.3, -0.25) is 14.2 Å². The number of para-hydroxylation sites is 1. The molecule has 3 aromatic rings. The van der Waals surface area contributed by atoms with Gasteiger partial charge in [0.2, 0.25) is 0 Å². The number of esters is 1. The van der Waals surface area contributed by atoms with Crippen molar-refractivity contribution in [3.8, 4) is 0 Å². The van der Waals surface area contributed by atoms with E-state index in [-0.39, 0.29) is 16.0 Å². The summed E-state index contributed by atoms with van der Waals surface area (Å²) in [5.74, 6) is -0.855. The number of halogens is 1. The molecule has 2 aliphatic heterocycles. The minimum Gasteiger partial charge on any atom is -0.466 e. The lowest BCUT2D eigenvalue weighted by Crippen LogP contribution is -2.40. The molecule has 0 unspecified atom stereocenters. The summed E-state index contributed by atoms with van der Waals surface area (Å²) in [7, 11) is 1.29. The summed E-state index contributed by atoms with van der Waals surface area (Å²) in [4.78, 5) is 46.7. The molecule has 0 aliphatic carbocycles. The van der Waals surface area contributed by atoms with E-state index in [1.54, 1.807) is 42.2 Å². The number of rotatable bonds is 4. The summed E-state index contributed by atoms with van der Waals surface area (Å²) in [6.45, 7) is 5.77. The van der Waals surface area contributed by atoms with Gasteiger partial charge in [-0.15, -0.1) is 6.58 Å². The molecule has 3 heterocycles. The Morgan fingerprint density at radius 1 is 1.20 bits per heavy atom. The van der Waals surface area contributed by atoms with Gasteiger partial charge >= 0.3 is 5.97 Å². The monoisotopic (exact) mass is 505 g/mol. The fourth-order valence-corrected chi connectivity index (χ4v) is 5.78. The van der Waals surface area contributed by atoms with Gasteiger partial charge in [0.15, 0.2) is 4.80 Å². The number of carbonyl (C=O) groups excluding carboxylic acids is 2. The normalized spacial score (nSPS) is 18.2. The van der Waals surface area contributed by atoms with Gasteiger partial charge in [0, 0.05) is 17.1 Å². The van der Waals surface area contributed by atoms with Crippen LogP contribution in [-0.4, -0.2) is 30.1 Å². The second-order valence-electron chi connectivity index (χ2n) is 8.04. The highest BCUT2D eigenvalue weighted by atomic mass is 35.5. The first-order valence-electron chi connectivity index (χ1n) is 10.8. The number of hydrogen-bond acceptors (Lipinski definition) is 6. The number of aromatic nitrogens is 1. The van der Waals surface area contributed by atoms with Gasteiger partial charge in [-0.05, 0) is 30.7 Å². The van der Waals surface area contributed by atoms with Crippen LogP contribution in [0.4, 0.5) is 5.69 Å². The maximum Gasteiger partial charge on any atom is 0.338 e. The van der Waals surface area contributed by atoms with Crippen LogP contribution in [0.5, 0.6) is 0 Å². The van der Waals surface area contributed by atoms with Gasteiger partial charge in [-0.1, -0.05) is 59.3 Å². The third-order valence-electron chi connectivity index (χ3n) is 6.05. The molecule has 0 N–H and O–H groups in total. The molecule has 1 amide bonds. The molecule has 0 radical (unpaired) electrons. The number of allylic oxidation sites excluding steroid dienone is 1. The SMILES string of the molecule is C=CCN1C(=O)/C(=c2/sc3n(c2=O)[C@H](c2ccc(Cl)cc2)C(C(=O)OC)=C(C)N=3)c2ccccc21. The van der Waals surface area contributed by atoms with E-state index in [0.29, 0.717) is 38.8 Å². The Kier molecular flexibility index (Phi) is 5.78. The van der Waals surface area contributed by atoms with Crippen LogP contribution in [-0.2, 0) is 14.3 Å². The summed E-state index contributed by atoms with van der Waals surface area (Å²) in [5.41, 5.74) is 2.69. The minimum atomic E-state index is -0.777. The first kappa shape index (κ1) is 23.0. The summed E-state index contributed by atoms with van der Waals surface area (Å²) in [6.07, 6.45) is 1.64. The molecule has 2 aromatic carbocycles. The summed E-state index contributed by atoms with van der Waals surface area (Å²) in [6, 6.07) is 13.5. The zero-order valence-corrected chi connectivity index (χ0v) is 20.5. The van der Waals surface area contributed by atoms with Crippen molar-refractivity contribution in [2.45, 2.75) is 13.0 Å². The zero-order chi connectivity index (χ0) is 24.9. The Balaban J connectivity index is 1.83. The molecule has 5 rings (SSSR count). The highest BCUT2D eigenvalue weighted by Crippen LogP contribution is 2.35.